The van der Waals surface area contributed by atoms with Crippen molar-refractivity contribution >= 4 is 35.1 Å². The number of ether oxygens (including phenoxy) is 2. The molecule has 2 N–H and O–H groups in total. The van der Waals surface area contributed by atoms with E-state index in [2.05, 4.69) is 10.6 Å². The fourth-order valence-electron chi connectivity index (χ4n) is 3.82. The number of hydrogen-bond donors (Lipinski definition) is 2. The third-order valence-corrected chi connectivity index (χ3v) is 5.50. The van der Waals surface area contributed by atoms with Crippen molar-refractivity contribution in [1.82, 2.24) is 5.32 Å². The van der Waals surface area contributed by atoms with Crippen molar-refractivity contribution in [3.05, 3.63) is 87.2 Å². The van der Waals surface area contributed by atoms with E-state index < -0.39 is 17.9 Å². The molecule has 31 heavy (non-hydrogen) atoms. The van der Waals surface area contributed by atoms with Crippen LogP contribution in [0.5, 0.6) is 0 Å². The molecule has 7 nitrogen and oxygen atoms in total. The van der Waals surface area contributed by atoms with Crippen LogP contribution in [0.3, 0.4) is 0 Å². The van der Waals surface area contributed by atoms with Gasteiger partial charge < -0.3 is 20.1 Å². The van der Waals surface area contributed by atoms with Gasteiger partial charge >= 0.3 is 11.9 Å². The van der Waals surface area contributed by atoms with Crippen LogP contribution in [0.4, 0.5) is 5.69 Å². The number of halogens is 1. The Labute approximate surface area is 183 Å². The lowest BCUT2D eigenvalue weighted by Gasteiger charge is -2.28. The van der Waals surface area contributed by atoms with Crippen molar-refractivity contribution in [1.29, 1.82) is 0 Å². The van der Waals surface area contributed by atoms with Crippen molar-refractivity contribution < 1.29 is 23.9 Å². The van der Waals surface area contributed by atoms with Crippen LogP contribution in [0.1, 0.15) is 28.8 Å². The zero-order valence-electron chi connectivity index (χ0n) is 16.8. The smallest absolute Gasteiger partial charge is 0.337 e. The molecule has 8 heteroatoms. The molecule has 1 unspecified atom stereocenters. The van der Waals surface area contributed by atoms with Gasteiger partial charge in [0.1, 0.15) is 6.61 Å². The first-order chi connectivity index (χ1) is 14.9. The molecule has 158 valence electrons. The quantitative estimate of drug-likeness (QED) is 0.709. The van der Waals surface area contributed by atoms with Gasteiger partial charge in [-0.05, 0) is 42.8 Å². The van der Waals surface area contributed by atoms with Crippen LogP contribution in [-0.4, -0.2) is 31.6 Å². The Morgan fingerprint density at radius 1 is 1.16 bits per heavy atom. The molecular weight excluding hydrogens is 420 g/mol. The highest BCUT2D eigenvalue weighted by molar-refractivity contribution is 6.30. The summed E-state index contributed by atoms with van der Waals surface area (Å²) in [5.74, 6) is -2.18. The van der Waals surface area contributed by atoms with Gasteiger partial charge in [0.15, 0.2) is 0 Å². The molecule has 4 rings (SSSR count). The fraction of sp³-hybridized carbons (Fsp3) is 0.174. The Morgan fingerprint density at radius 3 is 2.58 bits per heavy atom. The maximum atomic E-state index is 12.8. The predicted molar refractivity (Wildman–Crippen MR) is 114 cm³/mol. The van der Waals surface area contributed by atoms with Crippen LogP contribution >= 0.6 is 11.6 Å². The number of carbonyl (C=O) groups excluding carboxylic acids is 3. The molecule has 2 heterocycles. The largest absolute Gasteiger partial charge is 0.466 e. The summed E-state index contributed by atoms with van der Waals surface area (Å²) in [6, 6.07) is 13.5. The Bertz CT molecular complexity index is 1150. The summed E-state index contributed by atoms with van der Waals surface area (Å²) < 4.78 is 10.2. The molecule has 2 aromatic carbocycles. The number of nitrogens with one attached hydrogen (secondary N) is 2. The molecule has 0 saturated carbocycles. The summed E-state index contributed by atoms with van der Waals surface area (Å²) in [5, 5.41) is 6.48. The SMILES string of the molecule is COC(=O)C1=C(C)NC2=C(C(=O)OC2)C1c1ccccc1NC(=O)c1ccc(Cl)cc1. The van der Waals surface area contributed by atoms with E-state index in [9.17, 15) is 14.4 Å². The number of dihydropyridines is 1. The van der Waals surface area contributed by atoms with Crippen LogP contribution in [0.2, 0.25) is 5.02 Å². The van der Waals surface area contributed by atoms with E-state index in [4.69, 9.17) is 21.1 Å². The summed E-state index contributed by atoms with van der Waals surface area (Å²) in [7, 11) is 1.28. The molecule has 2 aliphatic heterocycles. The molecule has 0 saturated heterocycles. The maximum Gasteiger partial charge on any atom is 0.337 e. The zero-order chi connectivity index (χ0) is 22.1. The van der Waals surface area contributed by atoms with Crippen LogP contribution in [0, 0.1) is 0 Å². The molecule has 0 radical (unpaired) electrons. The number of hydrogen-bond acceptors (Lipinski definition) is 6. The molecular formula is C23H19ClN2O5. The molecule has 0 spiro atoms. The lowest BCUT2D eigenvalue weighted by molar-refractivity contribution is -0.136. The van der Waals surface area contributed by atoms with Crippen molar-refractivity contribution in [2.24, 2.45) is 0 Å². The average Bonchev–Trinajstić information content (AvgIpc) is 3.13. The molecule has 0 fully saturated rings. The topological polar surface area (TPSA) is 93.7 Å². The number of rotatable bonds is 4. The van der Waals surface area contributed by atoms with Gasteiger partial charge in [-0.2, -0.15) is 0 Å². The Morgan fingerprint density at radius 2 is 1.87 bits per heavy atom. The number of anilines is 1. The van der Waals surface area contributed by atoms with Gasteiger partial charge in [-0.25, -0.2) is 9.59 Å². The number of para-hydroxylation sites is 1. The number of allylic oxidation sites excluding steroid dienone is 1. The lowest BCUT2D eigenvalue weighted by atomic mass is 9.80. The van der Waals surface area contributed by atoms with Crippen molar-refractivity contribution in [3.8, 4) is 0 Å². The zero-order valence-corrected chi connectivity index (χ0v) is 17.6. The highest BCUT2D eigenvalue weighted by Crippen LogP contribution is 2.43. The number of carbonyl (C=O) groups is 3. The van der Waals surface area contributed by atoms with Crippen LogP contribution < -0.4 is 10.6 Å². The second kappa shape index (κ2) is 8.28. The van der Waals surface area contributed by atoms with E-state index in [0.29, 0.717) is 38.8 Å². The van der Waals surface area contributed by atoms with E-state index in [1.807, 2.05) is 0 Å². The van der Waals surface area contributed by atoms with Gasteiger partial charge in [0.05, 0.1) is 29.9 Å². The second-order valence-corrected chi connectivity index (χ2v) is 7.54. The van der Waals surface area contributed by atoms with Crippen LogP contribution in [0.15, 0.2) is 71.1 Å². The van der Waals surface area contributed by atoms with Gasteiger partial charge in [-0.3, -0.25) is 4.79 Å². The minimum atomic E-state index is -0.750. The number of benzene rings is 2. The summed E-state index contributed by atoms with van der Waals surface area (Å²) in [5.41, 5.74) is 3.25. The molecule has 0 aromatic heterocycles. The van der Waals surface area contributed by atoms with E-state index in [1.54, 1.807) is 55.5 Å². The first-order valence-corrected chi connectivity index (χ1v) is 9.90. The monoisotopic (exact) mass is 438 g/mol. The highest BCUT2D eigenvalue weighted by Gasteiger charge is 2.42. The van der Waals surface area contributed by atoms with Gasteiger partial charge in [0.25, 0.3) is 5.91 Å². The van der Waals surface area contributed by atoms with Crippen molar-refractivity contribution in [3.63, 3.8) is 0 Å². The van der Waals surface area contributed by atoms with E-state index in [0.717, 1.165) is 0 Å². The van der Waals surface area contributed by atoms with E-state index >= 15 is 0 Å². The fourth-order valence-corrected chi connectivity index (χ4v) is 3.94. The van der Waals surface area contributed by atoms with Gasteiger partial charge in [0.2, 0.25) is 0 Å². The van der Waals surface area contributed by atoms with Crippen LogP contribution in [-0.2, 0) is 19.1 Å². The Kier molecular flexibility index (Phi) is 5.52. The van der Waals surface area contributed by atoms with Gasteiger partial charge in [-0.15, -0.1) is 0 Å². The number of cyclic esters (lactones) is 1. The molecule has 0 bridgehead atoms. The minimum Gasteiger partial charge on any atom is -0.466 e. The lowest BCUT2D eigenvalue weighted by Crippen LogP contribution is -2.30. The summed E-state index contributed by atoms with van der Waals surface area (Å²) >= 11 is 5.91. The normalized spacial score (nSPS) is 17.6. The maximum absolute atomic E-state index is 12.8. The standard InChI is InChI=1S/C23H19ClN2O5/c1-12-18(22(28)30-2)19(20-17(25-12)11-31-23(20)29)15-5-3-4-6-16(15)26-21(27)13-7-9-14(24)10-8-13/h3-10,19,25H,11H2,1-2H3,(H,26,27). The third kappa shape index (κ3) is 3.80. The second-order valence-electron chi connectivity index (χ2n) is 7.10. The third-order valence-electron chi connectivity index (χ3n) is 5.24. The molecule has 2 aliphatic rings. The molecule has 0 aliphatic carbocycles. The first-order valence-electron chi connectivity index (χ1n) is 9.52. The summed E-state index contributed by atoms with van der Waals surface area (Å²) in [6.45, 7) is 1.83. The summed E-state index contributed by atoms with van der Waals surface area (Å²) in [4.78, 5) is 38.0. The minimum absolute atomic E-state index is 0.0930. The highest BCUT2D eigenvalue weighted by atomic mass is 35.5. The van der Waals surface area contributed by atoms with Gasteiger partial charge in [-0.1, -0.05) is 29.8 Å². The molecule has 1 atom stereocenters. The van der Waals surface area contributed by atoms with Gasteiger partial charge in [0, 0.05) is 22.0 Å². The first kappa shape index (κ1) is 20.7. The van der Waals surface area contributed by atoms with Crippen molar-refractivity contribution in [2.45, 2.75) is 12.8 Å². The molecule has 2 aromatic rings. The Balaban J connectivity index is 1.79. The number of esters is 2. The van der Waals surface area contributed by atoms with Crippen LogP contribution in [0.25, 0.3) is 0 Å². The Hall–Kier alpha value is -3.58. The number of methoxy groups -OCH3 is 1. The predicted octanol–water partition coefficient (Wildman–Crippen LogP) is 3.54. The summed E-state index contributed by atoms with van der Waals surface area (Å²) in [6.07, 6.45) is 0. The average molecular weight is 439 g/mol. The van der Waals surface area contributed by atoms with Crippen molar-refractivity contribution in [2.75, 3.05) is 19.0 Å². The van der Waals surface area contributed by atoms with E-state index in [-0.39, 0.29) is 18.1 Å². The molecule has 1 amide bonds. The van der Waals surface area contributed by atoms with E-state index in [1.165, 1.54) is 7.11 Å². The number of amides is 1.